The number of carbonyl (C=O) groups is 9. The number of carbonyl (C=O) groups excluding carboxylic acids is 9. The maximum absolute atomic E-state index is 16.3. The lowest BCUT2D eigenvalue weighted by atomic mass is 9.85. The molecule has 7 aliphatic heterocycles. The zero-order valence-electron chi connectivity index (χ0n) is 68.6. The third kappa shape index (κ3) is 21.8. The number of nitrogens with one attached hydrogen (secondary N) is 10. The third-order valence-electron chi connectivity index (χ3n) is 22.5. The number of phenolic OH excluding ortho intramolecular Hbond substituents is 3. The molecule has 674 valence electrons. The molecule has 1 aliphatic carbocycles. The van der Waals surface area contributed by atoms with Gasteiger partial charge in [0.05, 0.1) is 54.5 Å². The Bertz CT molecular complexity index is 5080. The Morgan fingerprint density at radius 1 is 0.720 bits per heavy atom. The van der Waals surface area contributed by atoms with Gasteiger partial charge in [0.25, 0.3) is 5.91 Å². The van der Waals surface area contributed by atoms with Crippen molar-refractivity contribution in [3.05, 3.63) is 139 Å². The first kappa shape index (κ1) is 93.2. The molecule has 42 heteroatoms. The van der Waals surface area contributed by atoms with Crippen LogP contribution in [-0.2, 0) is 73.5 Å². The molecule has 40 nitrogen and oxygen atoms in total. The second kappa shape index (κ2) is 40.6. The summed E-state index contributed by atoms with van der Waals surface area (Å²) in [7, 11) is 2.81. The summed E-state index contributed by atoms with van der Waals surface area (Å²) in [6.45, 7) is 5.41. The van der Waals surface area contributed by atoms with Gasteiger partial charge in [-0.05, 0) is 140 Å². The average Bonchev–Trinajstić information content (AvgIpc) is 0.759. The summed E-state index contributed by atoms with van der Waals surface area (Å²) in [5, 5.41) is 130. The quantitative estimate of drug-likeness (QED) is 0.0302. The van der Waals surface area contributed by atoms with E-state index in [1.54, 1.807) is 6.92 Å². The maximum atomic E-state index is 16.3. The van der Waals surface area contributed by atoms with Gasteiger partial charge in [-0.15, -0.1) is 0 Å². The zero-order chi connectivity index (χ0) is 90.2. The van der Waals surface area contributed by atoms with E-state index < -0.39 is 243 Å². The Morgan fingerprint density at radius 3 is 2.02 bits per heavy atom. The van der Waals surface area contributed by atoms with Crippen molar-refractivity contribution >= 4 is 82.2 Å². The summed E-state index contributed by atoms with van der Waals surface area (Å²) < 4.78 is 45.8. The van der Waals surface area contributed by atoms with Crippen molar-refractivity contribution in [3.63, 3.8) is 0 Å². The van der Waals surface area contributed by atoms with Crippen LogP contribution in [0, 0.1) is 11.8 Å². The zero-order valence-corrected chi connectivity index (χ0v) is 70.1. The highest BCUT2D eigenvalue weighted by atomic mass is 35.5. The van der Waals surface area contributed by atoms with Crippen molar-refractivity contribution in [2.45, 2.75) is 201 Å². The molecule has 11 bridgehead atoms. The number of methoxy groups -OCH3 is 1. The van der Waals surface area contributed by atoms with Crippen LogP contribution in [0.2, 0.25) is 10.0 Å². The molecule has 8 heterocycles. The Morgan fingerprint density at radius 2 is 1.38 bits per heavy atom. The number of benzene rings is 5. The fourth-order valence-electron chi connectivity index (χ4n) is 15.9. The van der Waals surface area contributed by atoms with Crippen LogP contribution < -0.4 is 79.0 Å². The SMILES string of the molecule is CNC(CC(C)C)C(=O)NC1C(=O)NC(CC(N)=O)C(=O)NC2C(=O)NC3C(=O)NC(C(=O)NC(C(=O)NOCCOC)c4cc(O)cc(O)c4-c4cc3ccc4O)C(O)c3ccc(c(Cl)c3)Oc3cc2cc(c3OC2OC(CO)C(O)C(O)C2OC2CC(C)(NCCn3ccc(NC(=O)CC4CCCCC4)nc3=O)C(O)C(C)O2)Oc2ccc(cc2Cl)C1O. The van der Waals surface area contributed by atoms with Crippen molar-refractivity contribution in [2.75, 3.05) is 45.8 Å². The van der Waals surface area contributed by atoms with Gasteiger partial charge in [0.1, 0.15) is 101 Å². The average molecular weight is 1780 g/mol. The number of aliphatic hydroxyl groups excluding tert-OH is 6. The van der Waals surface area contributed by atoms with Gasteiger partial charge in [-0.3, -0.25) is 52.6 Å². The van der Waals surface area contributed by atoms with Gasteiger partial charge in [0.2, 0.25) is 59.3 Å². The highest BCUT2D eigenvalue weighted by Crippen LogP contribution is 2.50. The Balaban J connectivity index is 1.00. The van der Waals surface area contributed by atoms with E-state index in [4.69, 9.17) is 66.9 Å². The van der Waals surface area contributed by atoms with E-state index >= 15 is 24.0 Å². The lowest BCUT2D eigenvalue weighted by Crippen LogP contribution is -2.65. The minimum atomic E-state index is -2.39. The fraction of sp³-hybridized carbons (Fsp3) is 0.482. The van der Waals surface area contributed by atoms with Gasteiger partial charge in [0.15, 0.2) is 23.9 Å². The molecule has 5 aromatic carbocycles. The summed E-state index contributed by atoms with van der Waals surface area (Å²) in [6.07, 6.45) is -12.5. The molecule has 21 N–H and O–H groups in total. The maximum Gasteiger partial charge on any atom is 0.349 e. The molecule has 18 atom stereocenters. The minimum absolute atomic E-state index is 0.00378. The van der Waals surface area contributed by atoms with Crippen LogP contribution in [0.3, 0.4) is 0 Å². The topological polar surface area (TPSA) is 591 Å². The Hall–Kier alpha value is -10.9. The highest BCUT2D eigenvalue weighted by Gasteiger charge is 2.52. The number of hydrogen-bond donors (Lipinski definition) is 20. The fourth-order valence-corrected chi connectivity index (χ4v) is 16.4. The summed E-state index contributed by atoms with van der Waals surface area (Å²) in [4.78, 5) is 156. The smallest absolute Gasteiger partial charge is 0.349 e. The molecule has 0 spiro atoms. The number of aromatic hydroxyl groups is 3. The van der Waals surface area contributed by atoms with Crippen LogP contribution in [0.5, 0.6) is 46.0 Å². The second-order valence-electron chi connectivity index (χ2n) is 32.1. The van der Waals surface area contributed by atoms with E-state index in [1.807, 2.05) is 13.8 Å². The van der Waals surface area contributed by atoms with Crippen molar-refractivity contribution < 1.29 is 127 Å². The summed E-state index contributed by atoms with van der Waals surface area (Å²) in [5.74, 6) is -15.4. The molecule has 8 aliphatic rings. The largest absolute Gasteiger partial charge is 0.508 e. The van der Waals surface area contributed by atoms with Crippen molar-refractivity contribution in [3.8, 4) is 57.1 Å². The number of hydroxylamine groups is 1. The minimum Gasteiger partial charge on any atom is -0.508 e. The van der Waals surface area contributed by atoms with Crippen LogP contribution in [-0.4, -0.2) is 228 Å². The molecule has 2 saturated heterocycles. The molecule has 9 amide bonds. The number of primary amides is 1. The van der Waals surface area contributed by atoms with Crippen LogP contribution in [0.25, 0.3) is 11.1 Å². The molecular weight excluding hydrogens is 1680 g/mol. The van der Waals surface area contributed by atoms with E-state index in [2.05, 4.69) is 58.3 Å². The van der Waals surface area contributed by atoms with Gasteiger partial charge in [-0.2, -0.15) is 4.98 Å². The summed E-state index contributed by atoms with van der Waals surface area (Å²) in [6, 6.07) is 1.09. The third-order valence-corrected chi connectivity index (χ3v) is 23.1. The van der Waals surface area contributed by atoms with Gasteiger partial charge in [0, 0.05) is 62.0 Å². The van der Waals surface area contributed by atoms with Crippen molar-refractivity contribution in [1.82, 2.24) is 57.6 Å². The van der Waals surface area contributed by atoms with Crippen LogP contribution in [0.15, 0.2) is 95.9 Å². The number of halogens is 2. The normalized spacial score (nSPS) is 26.9. The molecule has 6 aromatic rings. The highest BCUT2D eigenvalue weighted by molar-refractivity contribution is 6.32. The Labute approximate surface area is 724 Å². The lowest BCUT2D eigenvalue weighted by molar-refractivity contribution is -0.334. The van der Waals surface area contributed by atoms with Crippen molar-refractivity contribution in [2.24, 2.45) is 17.6 Å². The molecular formula is C83H101Cl2N13O27. The molecule has 1 aromatic heterocycles. The first-order valence-corrected chi connectivity index (χ1v) is 41.3. The van der Waals surface area contributed by atoms with Crippen molar-refractivity contribution in [1.29, 1.82) is 0 Å². The van der Waals surface area contributed by atoms with Crippen LogP contribution in [0.4, 0.5) is 5.82 Å². The number of nitrogens with zero attached hydrogens (tertiary/aromatic N) is 2. The van der Waals surface area contributed by atoms with Crippen LogP contribution >= 0.6 is 23.2 Å². The molecule has 3 fully saturated rings. The number of ether oxygens (including phenoxy) is 7. The van der Waals surface area contributed by atoms with E-state index in [9.17, 15) is 69.9 Å². The first-order chi connectivity index (χ1) is 59.5. The second-order valence-corrected chi connectivity index (χ2v) is 32.9. The van der Waals surface area contributed by atoms with E-state index in [1.165, 1.54) is 50.0 Å². The lowest BCUT2D eigenvalue weighted by Gasteiger charge is -2.48. The molecule has 18 unspecified atom stereocenters. The number of amides is 9. The summed E-state index contributed by atoms with van der Waals surface area (Å²) >= 11 is 14.4. The molecule has 1 saturated carbocycles. The number of hydrogen-bond acceptors (Lipinski definition) is 30. The Kier molecular flexibility index (Phi) is 30.3. The predicted molar refractivity (Wildman–Crippen MR) is 440 cm³/mol. The number of anilines is 1. The number of aromatic nitrogens is 2. The van der Waals surface area contributed by atoms with E-state index in [0.29, 0.717) is 6.42 Å². The molecule has 125 heavy (non-hydrogen) atoms. The monoisotopic (exact) mass is 1780 g/mol. The van der Waals surface area contributed by atoms with Crippen LogP contribution in [0.1, 0.15) is 144 Å². The molecule has 0 radical (unpaired) electrons. The molecule has 14 rings (SSSR count). The standard InChI is InChI=1S/C83H101Cl2N13O27/c1-36(2)24-48(87-5)74(110)95-65-67(105)40-13-16-52(46(84)27-40)121-54-29-42-30-55(71(54)125-81-72(70(108)69(107)56(35-99)123-81)124-60-34-83(4,73(109)37(3)120-60)88-19-21-98-20-18-58(91-82(98)117)90-59(104)25-38-10-8-7-9-11-38)122-53-17-14-41(28-47(53)85)68(106)66-79(115)94-64(80(116)97-119-23-22-118-6)45-31-43(100)32-51(102)61(45)44-26-39(12-15-50(44)101)62(76(112)96-66)93-77(113)63(42)92-75(111)49(33-57(86)103)89-78(65)114/h12-18,20,26-32,36-38,48-49,56,60,62-70,72-73,81,87-88,99-102,105-109H,7-11,19,21-25,33-35H2,1-6H3,(H2,86,103)(H,89,114)(H,92,111)(H,93,113)(H,94,115)(H,95,110)(H,96,112)(H,97,116)(H,90,91,104,117). The van der Waals surface area contributed by atoms with Gasteiger partial charge in [-0.1, -0.05) is 74.5 Å². The number of nitrogens with two attached hydrogens (primary N) is 1. The number of phenols is 3. The van der Waals surface area contributed by atoms with Gasteiger partial charge < -0.3 is 133 Å². The number of fused-ring (bicyclic) bond motifs is 15. The van der Waals surface area contributed by atoms with E-state index in [-0.39, 0.29) is 90.2 Å². The van der Waals surface area contributed by atoms with E-state index in [0.717, 1.165) is 98.8 Å². The van der Waals surface area contributed by atoms with Gasteiger partial charge in [-0.25, -0.2) is 10.3 Å². The van der Waals surface area contributed by atoms with Gasteiger partial charge >= 0.3 is 5.69 Å². The number of rotatable bonds is 24. The first-order valence-electron chi connectivity index (χ1n) is 40.5. The number of aliphatic hydroxyl groups is 6. The predicted octanol–water partition coefficient (Wildman–Crippen LogP) is 1.51. The summed E-state index contributed by atoms with van der Waals surface area (Å²) in [5.41, 5.74) is 3.22. The number of likely N-dealkylation sites (N-methyl/N-ethyl adjacent to an activating group) is 1.